The van der Waals surface area contributed by atoms with Crippen molar-refractivity contribution in [3.05, 3.63) is 57.2 Å². The zero-order valence-electron chi connectivity index (χ0n) is 13.4. The SMILES string of the molecule is Cc1c2n(c3c(-c4ccc(Cl)cc4Cl)cc(C#N)cc13)CCNC2=O. The third-order valence-corrected chi connectivity index (χ3v) is 5.14. The van der Waals surface area contributed by atoms with Crippen molar-refractivity contribution in [3.63, 3.8) is 0 Å². The topological polar surface area (TPSA) is 57.8 Å². The lowest BCUT2D eigenvalue weighted by molar-refractivity contribution is 0.0928. The second-order valence-electron chi connectivity index (χ2n) is 6.04. The summed E-state index contributed by atoms with van der Waals surface area (Å²) in [6, 6.07) is 11.1. The van der Waals surface area contributed by atoms with Gasteiger partial charge in [-0.2, -0.15) is 5.26 Å². The number of rotatable bonds is 1. The molecule has 6 heteroatoms. The van der Waals surface area contributed by atoms with E-state index in [0.29, 0.717) is 34.4 Å². The number of carbonyl (C=O) groups excluding carboxylic acids is 1. The van der Waals surface area contributed by atoms with Crippen molar-refractivity contribution >= 4 is 40.0 Å². The van der Waals surface area contributed by atoms with Crippen LogP contribution in [0.1, 0.15) is 21.6 Å². The number of benzene rings is 2. The third-order valence-electron chi connectivity index (χ3n) is 4.60. The zero-order valence-corrected chi connectivity index (χ0v) is 14.9. The molecule has 25 heavy (non-hydrogen) atoms. The summed E-state index contributed by atoms with van der Waals surface area (Å²) < 4.78 is 2.02. The minimum Gasteiger partial charge on any atom is -0.349 e. The van der Waals surface area contributed by atoms with Gasteiger partial charge in [-0.1, -0.05) is 29.3 Å². The second kappa shape index (κ2) is 5.80. The Morgan fingerprint density at radius 1 is 1.20 bits per heavy atom. The van der Waals surface area contributed by atoms with Gasteiger partial charge in [-0.25, -0.2) is 0 Å². The predicted molar refractivity (Wildman–Crippen MR) is 99.2 cm³/mol. The summed E-state index contributed by atoms with van der Waals surface area (Å²) in [7, 11) is 0. The summed E-state index contributed by atoms with van der Waals surface area (Å²) >= 11 is 12.4. The molecule has 0 aliphatic carbocycles. The van der Waals surface area contributed by atoms with Gasteiger partial charge < -0.3 is 9.88 Å². The average molecular weight is 370 g/mol. The summed E-state index contributed by atoms with van der Waals surface area (Å²) in [6.45, 7) is 3.16. The fourth-order valence-corrected chi connectivity index (χ4v) is 4.02. The van der Waals surface area contributed by atoms with Crippen LogP contribution in [0, 0.1) is 18.3 Å². The van der Waals surface area contributed by atoms with E-state index in [9.17, 15) is 10.1 Å². The van der Waals surface area contributed by atoms with E-state index in [4.69, 9.17) is 23.2 Å². The lowest BCUT2D eigenvalue weighted by atomic mass is 9.98. The lowest BCUT2D eigenvalue weighted by Crippen LogP contribution is -2.35. The van der Waals surface area contributed by atoms with Gasteiger partial charge in [0.1, 0.15) is 5.69 Å². The van der Waals surface area contributed by atoms with E-state index in [2.05, 4.69) is 11.4 Å². The molecule has 0 fully saturated rings. The van der Waals surface area contributed by atoms with E-state index >= 15 is 0 Å². The number of hydrogen-bond donors (Lipinski definition) is 1. The first kappa shape index (κ1) is 16.0. The van der Waals surface area contributed by atoms with Crippen molar-refractivity contribution in [2.24, 2.45) is 0 Å². The summed E-state index contributed by atoms with van der Waals surface area (Å²) in [5.41, 5.74) is 4.59. The van der Waals surface area contributed by atoms with Gasteiger partial charge in [-0.05, 0) is 36.8 Å². The number of nitriles is 1. The monoisotopic (exact) mass is 369 g/mol. The molecule has 2 heterocycles. The van der Waals surface area contributed by atoms with Crippen LogP contribution < -0.4 is 5.32 Å². The first-order valence-electron chi connectivity index (χ1n) is 7.82. The Kier molecular flexibility index (Phi) is 3.72. The zero-order chi connectivity index (χ0) is 17.7. The minimum atomic E-state index is -0.0911. The highest BCUT2D eigenvalue weighted by molar-refractivity contribution is 6.36. The van der Waals surface area contributed by atoms with Gasteiger partial charge in [-0.3, -0.25) is 4.79 Å². The van der Waals surface area contributed by atoms with E-state index in [1.54, 1.807) is 12.1 Å². The maximum Gasteiger partial charge on any atom is 0.268 e. The number of hydrogen-bond acceptors (Lipinski definition) is 2. The van der Waals surface area contributed by atoms with Crippen molar-refractivity contribution in [2.75, 3.05) is 6.54 Å². The third kappa shape index (κ3) is 2.39. The number of amides is 1. The Bertz CT molecular complexity index is 1090. The van der Waals surface area contributed by atoms with Crippen molar-refractivity contribution < 1.29 is 4.79 Å². The highest BCUT2D eigenvalue weighted by Crippen LogP contribution is 2.39. The molecular formula is C19H13Cl2N3O. The Labute approximate surface area is 154 Å². The number of nitrogens with zero attached hydrogens (tertiary/aromatic N) is 2. The fourth-order valence-electron chi connectivity index (χ4n) is 3.51. The Morgan fingerprint density at radius 3 is 2.72 bits per heavy atom. The number of aryl methyl sites for hydroxylation is 1. The number of aromatic nitrogens is 1. The van der Waals surface area contributed by atoms with Crippen molar-refractivity contribution in [1.29, 1.82) is 5.26 Å². The molecule has 0 atom stereocenters. The molecule has 0 radical (unpaired) electrons. The fraction of sp³-hybridized carbons (Fsp3) is 0.158. The first-order valence-corrected chi connectivity index (χ1v) is 8.57. The Hall–Kier alpha value is -2.48. The number of nitrogens with one attached hydrogen (secondary N) is 1. The van der Waals surface area contributed by atoms with Crippen LogP contribution in [0.15, 0.2) is 30.3 Å². The quantitative estimate of drug-likeness (QED) is 0.684. The molecule has 0 saturated heterocycles. The molecule has 4 rings (SSSR count). The largest absolute Gasteiger partial charge is 0.349 e. The average Bonchev–Trinajstić information content (AvgIpc) is 2.88. The highest BCUT2D eigenvalue weighted by atomic mass is 35.5. The molecule has 1 amide bonds. The molecule has 2 aromatic carbocycles. The molecule has 0 unspecified atom stereocenters. The molecular weight excluding hydrogens is 357 g/mol. The van der Waals surface area contributed by atoms with Crippen LogP contribution in [0.3, 0.4) is 0 Å². The van der Waals surface area contributed by atoms with Crippen LogP contribution >= 0.6 is 23.2 Å². The van der Waals surface area contributed by atoms with E-state index in [-0.39, 0.29) is 5.91 Å². The van der Waals surface area contributed by atoms with Gasteiger partial charge in [0, 0.05) is 39.6 Å². The van der Waals surface area contributed by atoms with Gasteiger partial charge in [0.05, 0.1) is 17.1 Å². The number of halogens is 2. The standard InChI is InChI=1S/C19H13Cl2N3O/c1-10-14-6-11(9-22)7-15(13-3-2-12(20)8-16(13)21)18(14)24-5-4-23-19(25)17(10)24/h2-3,6-8H,4-5H2,1H3,(H,23,25). The maximum atomic E-state index is 12.3. The summed E-state index contributed by atoms with van der Waals surface area (Å²) in [6.07, 6.45) is 0. The summed E-state index contributed by atoms with van der Waals surface area (Å²) in [5.74, 6) is -0.0911. The molecule has 1 aromatic heterocycles. The maximum absolute atomic E-state index is 12.3. The summed E-state index contributed by atoms with van der Waals surface area (Å²) in [4.78, 5) is 12.3. The molecule has 1 aliphatic heterocycles. The first-order chi connectivity index (χ1) is 12.0. The molecule has 1 N–H and O–H groups in total. The number of fused-ring (bicyclic) bond motifs is 3. The number of carbonyl (C=O) groups is 1. The van der Waals surface area contributed by atoms with Gasteiger partial charge in [0.25, 0.3) is 5.91 Å². The molecule has 0 spiro atoms. The molecule has 1 aliphatic rings. The summed E-state index contributed by atoms with van der Waals surface area (Å²) in [5, 5.41) is 14.3. The highest BCUT2D eigenvalue weighted by Gasteiger charge is 2.26. The van der Waals surface area contributed by atoms with Crippen LogP contribution in [-0.4, -0.2) is 17.0 Å². The predicted octanol–water partition coefficient (Wildman–Crippen LogP) is 4.54. The second-order valence-corrected chi connectivity index (χ2v) is 6.88. The van der Waals surface area contributed by atoms with Crippen LogP contribution in [0.25, 0.3) is 22.0 Å². The Balaban J connectivity index is 2.15. The normalized spacial score (nSPS) is 13.4. The van der Waals surface area contributed by atoms with Gasteiger partial charge in [0.15, 0.2) is 0 Å². The molecule has 0 saturated carbocycles. The molecule has 0 bridgehead atoms. The van der Waals surface area contributed by atoms with E-state index in [0.717, 1.165) is 27.6 Å². The molecule has 4 nitrogen and oxygen atoms in total. The van der Waals surface area contributed by atoms with E-state index in [1.807, 2.05) is 29.7 Å². The minimum absolute atomic E-state index is 0.0911. The lowest BCUT2D eigenvalue weighted by Gasteiger charge is -2.19. The van der Waals surface area contributed by atoms with Gasteiger partial charge in [0.2, 0.25) is 0 Å². The molecule has 124 valence electrons. The van der Waals surface area contributed by atoms with Crippen molar-refractivity contribution in [1.82, 2.24) is 9.88 Å². The van der Waals surface area contributed by atoms with Crippen molar-refractivity contribution in [2.45, 2.75) is 13.5 Å². The van der Waals surface area contributed by atoms with Gasteiger partial charge in [-0.15, -0.1) is 0 Å². The van der Waals surface area contributed by atoms with Crippen LogP contribution in [-0.2, 0) is 6.54 Å². The van der Waals surface area contributed by atoms with Crippen LogP contribution in [0.5, 0.6) is 0 Å². The van der Waals surface area contributed by atoms with Crippen LogP contribution in [0.2, 0.25) is 10.0 Å². The molecule has 3 aromatic rings. The van der Waals surface area contributed by atoms with E-state index < -0.39 is 0 Å². The van der Waals surface area contributed by atoms with Gasteiger partial charge >= 0.3 is 0 Å². The smallest absolute Gasteiger partial charge is 0.268 e. The van der Waals surface area contributed by atoms with E-state index in [1.165, 1.54) is 0 Å². The van der Waals surface area contributed by atoms with Crippen molar-refractivity contribution in [3.8, 4) is 17.2 Å². The Morgan fingerprint density at radius 2 is 2.00 bits per heavy atom. The van der Waals surface area contributed by atoms with Crippen LogP contribution in [0.4, 0.5) is 0 Å².